The number of ether oxygens (including phenoxy) is 1. The molecule has 2 amide bonds. The lowest BCUT2D eigenvalue weighted by atomic mass is 9.95. The number of alkyl halides is 2. The van der Waals surface area contributed by atoms with Crippen LogP contribution in [0.5, 0.6) is 0 Å². The Kier molecular flexibility index (Phi) is 7.12. The standard InChI is InChI=1S/C23H22BrClN2O4S/c24-13-23(14-25)19(22(30)31-12-16-9-5-2-6-10-16)27-20(29)18(21(27)32-23)26-17(28)11-15-7-3-1-4-8-15/h1-10,18-19,21H,11-14H2,(H,26,28). The first-order valence-electron chi connectivity index (χ1n) is 10.1. The minimum atomic E-state index is -0.826. The van der Waals surface area contributed by atoms with E-state index in [0.29, 0.717) is 5.33 Å². The van der Waals surface area contributed by atoms with Crippen molar-refractivity contribution >= 4 is 57.1 Å². The lowest BCUT2D eigenvalue weighted by Gasteiger charge is -2.44. The van der Waals surface area contributed by atoms with E-state index >= 15 is 0 Å². The molecule has 2 fully saturated rings. The highest BCUT2D eigenvalue weighted by Gasteiger charge is 2.67. The second kappa shape index (κ2) is 9.85. The Labute approximate surface area is 204 Å². The number of benzene rings is 2. The molecule has 0 saturated carbocycles. The number of hydrogen-bond donors (Lipinski definition) is 1. The molecule has 0 aliphatic carbocycles. The van der Waals surface area contributed by atoms with Crippen LogP contribution < -0.4 is 5.32 Å². The van der Waals surface area contributed by atoms with Crippen molar-refractivity contribution in [3.63, 3.8) is 0 Å². The van der Waals surface area contributed by atoms with Gasteiger partial charge < -0.3 is 15.0 Å². The number of rotatable bonds is 8. The summed E-state index contributed by atoms with van der Waals surface area (Å²) in [4.78, 5) is 40.0. The minimum Gasteiger partial charge on any atom is -0.459 e. The maximum atomic E-state index is 13.1. The molecule has 4 unspecified atom stereocenters. The molecule has 0 spiro atoms. The van der Waals surface area contributed by atoms with E-state index in [4.69, 9.17) is 16.3 Å². The van der Waals surface area contributed by atoms with E-state index in [-0.39, 0.29) is 36.1 Å². The average Bonchev–Trinajstić information content (AvgIpc) is 3.14. The molecule has 0 bridgehead atoms. The van der Waals surface area contributed by atoms with Gasteiger partial charge in [-0.2, -0.15) is 0 Å². The van der Waals surface area contributed by atoms with Crippen LogP contribution >= 0.6 is 39.3 Å². The number of esters is 1. The lowest BCUT2D eigenvalue weighted by Crippen LogP contribution is -2.71. The van der Waals surface area contributed by atoms with Crippen molar-refractivity contribution in [2.24, 2.45) is 0 Å². The summed E-state index contributed by atoms with van der Waals surface area (Å²) in [7, 11) is 0. The summed E-state index contributed by atoms with van der Waals surface area (Å²) < 4.78 is 4.81. The first-order chi connectivity index (χ1) is 15.5. The summed E-state index contributed by atoms with van der Waals surface area (Å²) in [5, 5.41) is 2.87. The third-order valence-electron chi connectivity index (χ3n) is 5.64. The Morgan fingerprint density at radius 3 is 2.31 bits per heavy atom. The van der Waals surface area contributed by atoms with Gasteiger partial charge in [0.1, 0.15) is 24.1 Å². The van der Waals surface area contributed by atoms with Gasteiger partial charge in [0.2, 0.25) is 11.8 Å². The fourth-order valence-electron chi connectivity index (χ4n) is 3.96. The van der Waals surface area contributed by atoms with Crippen LogP contribution in [0, 0.1) is 0 Å². The molecule has 2 aromatic rings. The van der Waals surface area contributed by atoms with Crippen LogP contribution in [-0.4, -0.2) is 56.1 Å². The molecular weight excluding hydrogens is 516 g/mol. The predicted octanol–water partition coefficient (Wildman–Crippen LogP) is 3.11. The smallest absolute Gasteiger partial charge is 0.330 e. The van der Waals surface area contributed by atoms with Gasteiger partial charge in [-0.25, -0.2) is 4.79 Å². The highest BCUT2D eigenvalue weighted by atomic mass is 79.9. The zero-order valence-corrected chi connectivity index (χ0v) is 20.2. The van der Waals surface area contributed by atoms with Crippen LogP contribution in [0.2, 0.25) is 0 Å². The maximum absolute atomic E-state index is 13.1. The molecular formula is C23H22BrClN2O4S. The fourth-order valence-corrected chi connectivity index (χ4v) is 7.13. The Morgan fingerprint density at radius 1 is 1.09 bits per heavy atom. The Morgan fingerprint density at radius 2 is 1.72 bits per heavy atom. The lowest BCUT2D eigenvalue weighted by molar-refractivity contribution is -0.165. The van der Waals surface area contributed by atoms with Crippen molar-refractivity contribution in [3.8, 4) is 0 Å². The number of amides is 2. The van der Waals surface area contributed by atoms with Crippen molar-refractivity contribution in [1.82, 2.24) is 10.2 Å². The van der Waals surface area contributed by atoms with Crippen LogP contribution in [0.15, 0.2) is 60.7 Å². The summed E-state index contributed by atoms with van der Waals surface area (Å²) in [6.45, 7) is 0.116. The van der Waals surface area contributed by atoms with Crippen LogP contribution in [0.4, 0.5) is 0 Å². The number of carbonyl (C=O) groups is 3. The number of thioether (sulfide) groups is 1. The largest absolute Gasteiger partial charge is 0.459 e. The highest BCUT2D eigenvalue weighted by Crippen LogP contribution is 2.52. The zero-order chi connectivity index (χ0) is 22.7. The van der Waals surface area contributed by atoms with Crippen molar-refractivity contribution in [3.05, 3.63) is 71.8 Å². The SMILES string of the molecule is O=C(Cc1ccccc1)NC1C(=O)N2C1SC(CCl)(CBr)C2C(=O)OCc1ccccc1. The van der Waals surface area contributed by atoms with E-state index in [9.17, 15) is 14.4 Å². The number of fused-ring (bicyclic) bond motifs is 1. The summed E-state index contributed by atoms with van der Waals surface area (Å²) in [5.41, 5.74) is 1.73. The van der Waals surface area contributed by atoms with Crippen LogP contribution in [0.3, 0.4) is 0 Å². The van der Waals surface area contributed by atoms with Gasteiger partial charge in [-0.3, -0.25) is 9.59 Å². The van der Waals surface area contributed by atoms with Gasteiger partial charge in [0.15, 0.2) is 0 Å². The molecule has 0 radical (unpaired) electrons. The molecule has 2 saturated heterocycles. The van der Waals surface area contributed by atoms with Gasteiger partial charge in [0.25, 0.3) is 0 Å². The summed E-state index contributed by atoms with van der Waals surface area (Å²) in [6, 6.07) is 17.2. The molecule has 9 heteroatoms. The predicted molar refractivity (Wildman–Crippen MR) is 128 cm³/mol. The first kappa shape index (κ1) is 23.1. The Balaban J connectivity index is 1.45. The Bertz CT molecular complexity index is 990. The van der Waals surface area contributed by atoms with Gasteiger partial charge in [-0.1, -0.05) is 76.6 Å². The second-order valence-corrected chi connectivity index (χ2v) is 10.1. The number of hydrogen-bond acceptors (Lipinski definition) is 5. The molecule has 2 heterocycles. The van der Waals surface area contributed by atoms with E-state index in [2.05, 4.69) is 21.2 Å². The number of nitrogens with zero attached hydrogens (tertiary/aromatic N) is 1. The zero-order valence-electron chi connectivity index (χ0n) is 17.1. The van der Waals surface area contributed by atoms with Crippen molar-refractivity contribution in [2.75, 3.05) is 11.2 Å². The van der Waals surface area contributed by atoms with E-state index in [1.54, 1.807) is 0 Å². The highest BCUT2D eigenvalue weighted by molar-refractivity contribution is 9.09. The summed E-state index contributed by atoms with van der Waals surface area (Å²) in [5.74, 6) is -0.871. The van der Waals surface area contributed by atoms with Gasteiger partial charge in [0.05, 0.1) is 11.2 Å². The molecule has 2 aliphatic rings. The van der Waals surface area contributed by atoms with E-state index in [0.717, 1.165) is 11.1 Å². The monoisotopic (exact) mass is 536 g/mol. The molecule has 168 valence electrons. The van der Waals surface area contributed by atoms with E-state index in [1.807, 2.05) is 60.7 Å². The molecule has 4 atom stereocenters. The third kappa shape index (κ3) is 4.40. The Hall–Kier alpha value is -2.03. The number of β-lactam (4-membered cyclic amide) rings is 1. The third-order valence-corrected chi connectivity index (χ3v) is 9.36. The van der Waals surface area contributed by atoms with E-state index in [1.165, 1.54) is 16.7 Å². The van der Waals surface area contributed by atoms with Crippen molar-refractivity contribution in [1.29, 1.82) is 0 Å². The molecule has 2 aliphatic heterocycles. The van der Waals surface area contributed by atoms with Crippen molar-refractivity contribution < 1.29 is 19.1 Å². The van der Waals surface area contributed by atoms with Crippen LogP contribution in [-0.2, 0) is 32.1 Å². The van der Waals surface area contributed by atoms with Gasteiger partial charge in [0, 0.05) is 11.2 Å². The van der Waals surface area contributed by atoms with Crippen LogP contribution in [0.25, 0.3) is 0 Å². The van der Waals surface area contributed by atoms with Crippen LogP contribution in [0.1, 0.15) is 11.1 Å². The number of halogens is 2. The van der Waals surface area contributed by atoms with Gasteiger partial charge >= 0.3 is 5.97 Å². The molecule has 4 rings (SSSR count). The average molecular weight is 538 g/mol. The first-order valence-corrected chi connectivity index (χ1v) is 12.7. The van der Waals surface area contributed by atoms with Gasteiger partial charge in [-0.15, -0.1) is 23.4 Å². The van der Waals surface area contributed by atoms with Crippen molar-refractivity contribution in [2.45, 2.75) is 35.2 Å². The quantitative estimate of drug-likeness (QED) is 0.318. The molecule has 0 aromatic heterocycles. The molecule has 1 N–H and O–H groups in total. The molecule has 32 heavy (non-hydrogen) atoms. The summed E-state index contributed by atoms with van der Waals surface area (Å²) >= 11 is 11.2. The summed E-state index contributed by atoms with van der Waals surface area (Å²) in [6.07, 6.45) is 0.184. The number of nitrogens with one attached hydrogen (secondary N) is 1. The second-order valence-electron chi connectivity index (χ2n) is 7.79. The minimum absolute atomic E-state index is 0.116. The molecule has 6 nitrogen and oxygen atoms in total. The van der Waals surface area contributed by atoms with Gasteiger partial charge in [-0.05, 0) is 11.1 Å². The topological polar surface area (TPSA) is 75.7 Å². The normalized spacial score (nSPS) is 26.2. The van der Waals surface area contributed by atoms with E-state index < -0.39 is 22.8 Å². The molecule has 2 aromatic carbocycles. The number of carbonyl (C=O) groups excluding carboxylic acids is 3. The fraction of sp³-hybridized carbons (Fsp3) is 0.348. The maximum Gasteiger partial charge on any atom is 0.330 e.